The highest BCUT2D eigenvalue weighted by Crippen LogP contribution is 2.07. The zero-order chi connectivity index (χ0) is 7.40. The quantitative estimate of drug-likeness (QED) is 0.539. The molecule has 0 amide bonds. The summed E-state index contributed by atoms with van der Waals surface area (Å²) in [5, 5.41) is 0. The van der Waals surface area contributed by atoms with E-state index in [2.05, 4.69) is 6.58 Å². The number of hydrogen-bond acceptors (Lipinski definition) is 3. The molecule has 0 aromatic rings. The Morgan fingerprint density at radius 3 is 2.60 bits per heavy atom. The van der Waals surface area contributed by atoms with Crippen LogP contribution < -0.4 is 0 Å². The van der Waals surface area contributed by atoms with Crippen LogP contribution in [0.5, 0.6) is 0 Å². The van der Waals surface area contributed by atoms with Crippen LogP contribution in [0.3, 0.4) is 0 Å². The number of ether oxygens (including phenoxy) is 3. The van der Waals surface area contributed by atoms with E-state index >= 15 is 0 Å². The summed E-state index contributed by atoms with van der Waals surface area (Å²) >= 11 is 0. The van der Waals surface area contributed by atoms with Crippen molar-refractivity contribution in [2.45, 2.75) is 19.3 Å². The smallest absolute Gasteiger partial charge is 0.155 e. The molecule has 0 aromatic carbocycles. The highest BCUT2D eigenvalue weighted by molar-refractivity contribution is 4.64. The normalized spacial score (nSPS) is 33.3. The SMILES string of the molecule is C=COC1COC(C)OC1. The molecule has 1 heterocycles. The predicted molar refractivity (Wildman–Crippen MR) is 36.4 cm³/mol. The molecular formula is C7H12O3. The van der Waals surface area contributed by atoms with Gasteiger partial charge in [-0.3, -0.25) is 0 Å². The van der Waals surface area contributed by atoms with E-state index in [0.29, 0.717) is 13.2 Å². The van der Waals surface area contributed by atoms with Crippen LogP contribution >= 0.6 is 0 Å². The standard InChI is InChI=1S/C7H12O3/c1-3-8-7-4-9-6(2)10-5-7/h3,6-7H,1,4-5H2,2H3. The van der Waals surface area contributed by atoms with Crippen LogP contribution in [-0.4, -0.2) is 25.6 Å². The summed E-state index contributed by atoms with van der Waals surface area (Å²) in [7, 11) is 0. The molecule has 3 nitrogen and oxygen atoms in total. The predicted octanol–water partition coefficient (Wildman–Crippen LogP) is 0.908. The van der Waals surface area contributed by atoms with Gasteiger partial charge in [-0.2, -0.15) is 0 Å². The third-order valence-corrected chi connectivity index (χ3v) is 1.32. The van der Waals surface area contributed by atoms with Gasteiger partial charge in [0.2, 0.25) is 0 Å². The van der Waals surface area contributed by atoms with E-state index < -0.39 is 0 Å². The maximum Gasteiger partial charge on any atom is 0.155 e. The van der Waals surface area contributed by atoms with Gasteiger partial charge in [-0.05, 0) is 6.92 Å². The van der Waals surface area contributed by atoms with Gasteiger partial charge >= 0.3 is 0 Å². The molecule has 1 aliphatic heterocycles. The summed E-state index contributed by atoms with van der Waals surface area (Å²) in [4.78, 5) is 0. The van der Waals surface area contributed by atoms with E-state index in [0.717, 1.165) is 0 Å². The topological polar surface area (TPSA) is 27.7 Å². The molecule has 0 radical (unpaired) electrons. The van der Waals surface area contributed by atoms with E-state index in [4.69, 9.17) is 14.2 Å². The second-order valence-electron chi connectivity index (χ2n) is 2.16. The van der Waals surface area contributed by atoms with Gasteiger partial charge in [0.05, 0.1) is 19.5 Å². The molecule has 0 saturated carbocycles. The Kier molecular flexibility index (Phi) is 2.71. The maximum absolute atomic E-state index is 5.15. The minimum atomic E-state index is -0.0929. The highest BCUT2D eigenvalue weighted by Gasteiger charge is 2.18. The molecule has 10 heavy (non-hydrogen) atoms. The number of hydrogen-bond donors (Lipinski definition) is 0. The lowest BCUT2D eigenvalue weighted by Gasteiger charge is -2.26. The first-order chi connectivity index (χ1) is 4.83. The Labute approximate surface area is 60.6 Å². The van der Waals surface area contributed by atoms with Gasteiger partial charge in [0, 0.05) is 0 Å². The zero-order valence-corrected chi connectivity index (χ0v) is 6.08. The third-order valence-electron chi connectivity index (χ3n) is 1.32. The molecule has 3 heteroatoms. The van der Waals surface area contributed by atoms with Crippen molar-refractivity contribution >= 4 is 0 Å². The summed E-state index contributed by atoms with van der Waals surface area (Å²) in [6, 6.07) is 0. The van der Waals surface area contributed by atoms with E-state index in [1.807, 2.05) is 6.92 Å². The Morgan fingerprint density at radius 2 is 2.10 bits per heavy atom. The van der Waals surface area contributed by atoms with Crippen LogP contribution in [0.2, 0.25) is 0 Å². The van der Waals surface area contributed by atoms with Crippen LogP contribution in [0.4, 0.5) is 0 Å². The van der Waals surface area contributed by atoms with Crippen molar-refractivity contribution in [2.24, 2.45) is 0 Å². The van der Waals surface area contributed by atoms with Crippen LogP contribution in [0.25, 0.3) is 0 Å². The Bertz CT molecular complexity index is 105. The van der Waals surface area contributed by atoms with Crippen LogP contribution in [0.15, 0.2) is 12.8 Å². The van der Waals surface area contributed by atoms with Gasteiger partial charge in [-0.15, -0.1) is 0 Å². The van der Waals surface area contributed by atoms with Gasteiger partial charge in [0.15, 0.2) is 6.29 Å². The van der Waals surface area contributed by atoms with Crippen LogP contribution in [0.1, 0.15) is 6.92 Å². The third kappa shape index (κ3) is 2.01. The fourth-order valence-corrected chi connectivity index (χ4v) is 0.797. The molecule has 0 aromatic heterocycles. The first kappa shape index (κ1) is 7.57. The molecule has 0 aliphatic carbocycles. The van der Waals surface area contributed by atoms with Crippen LogP contribution in [0, 0.1) is 0 Å². The summed E-state index contributed by atoms with van der Waals surface area (Å²) in [6.45, 7) is 6.49. The lowest BCUT2D eigenvalue weighted by Crippen LogP contribution is -2.34. The molecule has 0 unspecified atom stereocenters. The van der Waals surface area contributed by atoms with E-state index in [-0.39, 0.29) is 12.4 Å². The highest BCUT2D eigenvalue weighted by atomic mass is 16.7. The van der Waals surface area contributed by atoms with Gasteiger partial charge < -0.3 is 14.2 Å². The Morgan fingerprint density at radius 1 is 1.50 bits per heavy atom. The second kappa shape index (κ2) is 3.58. The minimum Gasteiger partial charge on any atom is -0.494 e. The molecule has 1 fully saturated rings. The molecule has 1 aliphatic rings. The first-order valence-electron chi connectivity index (χ1n) is 3.32. The van der Waals surface area contributed by atoms with Gasteiger partial charge in [-0.1, -0.05) is 6.58 Å². The van der Waals surface area contributed by atoms with E-state index in [1.165, 1.54) is 6.26 Å². The molecule has 0 bridgehead atoms. The zero-order valence-electron chi connectivity index (χ0n) is 6.08. The van der Waals surface area contributed by atoms with Gasteiger partial charge in [-0.25, -0.2) is 0 Å². The Hall–Kier alpha value is -0.540. The number of rotatable bonds is 2. The summed E-state index contributed by atoms with van der Waals surface area (Å²) < 4.78 is 15.3. The van der Waals surface area contributed by atoms with Crippen molar-refractivity contribution in [3.8, 4) is 0 Å². The monoisotopic (exact) mass is 144 g/mol. The summed E-state index contributed by atoms with van der Waals surface area (Å²) in [6.07, 6.45) is 1.34. The fourth-order valence-electron chi connectivity index (χ4n) is 0.797. The lowest BCUT2D eigenvalue weighted by atomic mass is 10.4. The van der Waals surface area contributed by atoms with Crippen molar-refractivity contribution in [1.82, 2.24) is 0 Å². The first-order valence-corrected chi connectivity index (χ1v) is 3.32. The van der Waals surface area contributed by atoms with E-state index in [9.17, 15) is 0 Å². The van der Waals surface area contributed by atoms with Gasteiger partial charge in [0.25, 0.3) is 0 Å². The van der Waals surface area contributed by atoms with Crippen molar-refractivity contribution in [3.63, 3.8) is 0 Å². The van der Waals surface area contributed by atoms with Crippen molar-refractivity contribution in [1.29, 1.82) is 0 Å². The lowest BCUT2D eigenvalue weighted by molar-refractivity contribution is -0.208. The maximum atomic E-state index is 5.15. The molecule has 58 valence electrons. The largest absolute Gasteiger partial charge is 0.494 e. The van der Waals surface area contributed by atoms with Crippen LogP contribution in [-0.2, 0) is 14.2 Å². The molecule has 0 N–H and O–H groups in total. The minimum absolute atomic E-state index is 0.0219. The average Bonchev–Trinajstić information content (AvgIpc) is 1.95. The van der Waals surface area contributed by atoms with Crippen molar-refractivity contribution < 1.29 is 14.2 Å². The van der Waals surface area contributed by atoms with Crippen molar-refractivity contribution in [3.05, 3.63) is 12.8 Å². The summed E-state index contributed by atoms with van der Waals surface area (Å²) in [5.41, 5.74) is 0. The Balaban J connectivity index is 2.19. The molecule has 1 rings (SSSR count). The molecule has 0 atom stereocenters. The van der Waals surface area contributed by atoms with Gasteiger partial charge in [0.1, 0.15) is 6.10 Å². The molecule has 1 saturated heterocycles. The van der Waals surface area contributed by atoms with E-state index in [1.54, 1.807) is 0 Å². The molecule has 0 spiro atoms. The van der Waals surface area contributed by atoms with Crippen molar-refractivity contribution in [2.75, 3.05) is 13.2 Å². The second-order valence-corrected chi connectivity index (χ2v) is 2.16. The molecular weight excluding hydrogens is 132 g/mol. The summed E-state index contributed by atoms with van der Waals surface area (Å²) in [5.74, 6) is 0. The fraction of sp³-hybridized carbons (Fsp3) is 0.714. The average molecular weight is 144 g/mol.